The molecule has 1 fully saturated rings. The van der Waals surface area contributed by atoms with E-state index in [1.807, 2.05) is 24.5 Å². The second kappa shape index (κ2) is 8.34. The number of piperazine rings is 1. The van der Waals surface area contributed by atoms with Gasteiger partial charge in [-0.1, -0.05) is 0 Å². The Labute approximate surface area is 179 Å². The molecular weight excluding hydrogens is 400 g/mol. The minimum atomic E-state index is -0.384. The molecule has 1 aliphatic rings. The van der Waals surface area contributed by atoms with Crippen LogP contribution < -0.4 is 0 Å². The van der Waals surface area contributed by atoms with Gasteiger partial charge in [0, 0.05) is 48.8 Å². The molecule has 0 N–H and O–H groups in total. The fourth-order valence-corrected chi connectivity index (χ4v) is 4.02. The molecule has 2 aromatic carbocycles. The number of nitrogens with zero attached hydrogens (tertiary/aromatic N) is 3. The number of rotatable bonds is 3. The average Bonchev–Trinajstić information content (AvgIpc) is 3.08. The van der Waals surface area contributed by atoms with Gasteiger partial charge in [-0.2, -0.15) is 0 Å². The van der Waals surface area contributed by atoms with Crippen molar-refractivity contribution >= 4 is 11.8 Å². The summed E-state index contributed by atoms with van der Waals surface area (Å²) in [6.07, 6.45) is 0. The fraction of sp³-hybridized carbons (Fsp3) is 0.250. The molecule has 160 valence electrons. The molecule has 0 radical (unpaired) electrons. The SMILES string of the molecule is Cc1cc(C(=O)N2CCN(C(=O)c3ccc(F)cc3)CC2)c(C)n1-c1ccc(F)cc1. The molecule has 0 atom stereocenters. The molecule has 1 saturated heterocycles. The van der Waals surface area contributed by atoms with Crippen molar-refractivity contribution in [1.82, 2.24) is 14.4 Å². The lowest BCUT2D eigenvalue weighted by Gasteiger charge is -2.34. The predicted octanol–water partition coefficient (Wildman–Crippen LogP) is 3.97. The number of amides is 2. The summed E-state index contributed by atoms with van der Waals surface area (Å²) in [5.41, 5.74) is 3.51. The number of hydrogen-bond donors (Lipinski definition) is 0. The summed E-state index contributed by atoms with van der Waals surface area (Å²) in [6, 6.07) is 13.5. The van der Waals surface area contributed by atoms with Crippen LogP contribution in [0.5, 0.6) is 0 Å². The highest BCUT2D eigenvalue weighted by Gasteiger charge is 2.27. The largest absolute Gasteiger partial charge is 0.335 e. The van der Waals surface area contributed by atoms with Gasteiger partial charge in [0.2, 0.25) is 0 Å². The average molecular weight is 423 g/mol. The lowest BCUT2D eigenvalue weighted by atomic mass is 10.1. The van der Waals surface area contributed by atoms with Crippen LogP contribution in [0.4, 0.5) is 8.78 Å². The van der Waals surface area contributed by atoms with Crippen LogP contribution in [0.2, 0.25) is 0 Å². The lowest BCUT2D eigenvalue weighted by Crippen LogP contribution is -2.50. The molecule has 0 bridgehead atoms. The van der Waals surface area contributed by atoms with Crippen LogP contribution >= 0.6 is 0 Å². The van der Waals surface area contributed by atoms with Gasteiger partial charge in [0.1, 0.15) is 11.6 Å². The topological polar surface area (TPSA) is 45.6 Å². The molecule has 0 saturated carbocycles. The summed E-state index contributed by atoms with van der Waals surface area (Å²) in [7, 11) is 0. The van der Waals surface area contributed by atoms with Crippen molar-refractivity contribution < 1.29 is 18.4 Å². The molecular formula is C24H23F2N3O2. The van der Waals surface area contributed by atoms with E-state index in [0.29, 0.717) is 37.3 Å². The zero-order valence-electron chi connectivity index (χ0n) is 17.4. The molecule has 4 rings (SSSR count). The summed E-state index contributed by atoms with van der Waals surface area (Å²) < 4.78 is 28.3. The van der Waals surface area contributed by atoms with Gasteiger partial charge in [-0.3, -0.25) is 9.59 Å². The molecule has 7 heteroatoms. The number of aromatic nitrogens is 1. The van der Waals surface area contributed by atoms with E-state index in [4.69, 9.17) is 0 Å². The highest BCUT2D eigenvalue weighted by atomic mass is 19.1. The first-order valence-corrected chi connectivity index (χ1v) is 10.1. The van der Waals surface area contributed by atoms with Crippen molar-refractivity contribution in [3.63, 3.8) is 0 Å². The van der Waals surface area contributed by atoms with Gasteiger partial charge in [0.05, 0.1) is 5.56 Å². The molecule has 2 amide bonds. The highest BCUT2D eigenvalue weighted by Crippen LogP contribution is 2.23. The molecule has 1 aromatic heterocycles. The maximum absolute atomic E-state index is 13.3. The van der Waals surface area contributed by atoms with Crippen LogP contribution in [-0.2, 0) is 0 Å². The van der Waals surface area contributed by atoms with E-state index in [2.05, 4.69) is 0 Å². The van der Waals surface area contributed by atoms with Gasteiger partial charge in [0.15, 0.2) is 0 Å². The van der Waals surface area contributed by atoms with Crippen LogP contribution in [0, 0.1) is 25.5 Å². The first-order valence-electron chi connectivity index (χ1n) is 10.1. The van der Waals surface area contributed by atoms with Gasteiger partial charge in [-0.15, -0.1) is 0 Å². The van der Waals surface area contributed by atoms with E-state index < -0.39 is 0 Å². The van der Waals surface area contributed by atoms with Crippen LogP contribution in [0.1, 0.15) is 32.1 Å². The van der Waals surface area contributed by atoms with Crippen LogP contribution in [0.3, 0.4) is 0 Å². The minimum Gasteiger partial charge on any atom is -0.335 e. The predicted molar refractivity (Wildman–Crippen MR) is 113 cm³/mol. The number of benzene rings is 2. The third kappa shape index (κ3) is 4.08. The highest BCUT2D eigenvalue weighted by molar-refractivity contribution is 5.97. The second-order valence-electron chi connectivity index (χ2n) is 7.69. The summed E-state index contributed by atoms with van der Waals surface area (Å²) in [5.74, 6) is -0.947. The van der Waals surface area contributed by atoms with Gasteiger partial charge < -0.3 is 14.4 Å². The number of carbonyl (C=O) groups is 2. The Kier molecular flexibility index (Phi) is 5.59. The number of aryl methyl sites for hydroxylation is 1. The van der Waals surface area contributed by atoms with Crippen molar-refractivity contribution in [2.24, 2.45) is 0 Å². The molecule has 5 nitrogen and oxygen atoms in total. The Morgan fingerprint density at radius 3 is 1.77 bits per heavy atom. The maximum Gasteiger partial charge on any atom is 0.255 e. The summed E-state index contributed by atoms with van der Waals surface area (Å²) in [4.78, 5) is 29.2. The second-order valence-corrected chi connectivity index (χ2v) is 7.69. The van der Waals surface area contributed by atoms with E-state index in [1.165, 1.54) is 36.4 Å². The van der Waals surface area contributed by atoms with E-state index in [9.17, 15) is 18.4 Å². The standard InChI is InChI=1S/C24H23F2N3O2/c1-16-15-22(17(2)29(16)21-9-7-20(26)8-10-21)24(31)28-13-11-27(12-14-28)23(30)18-3-5-19(25)6-4-18/h3-10,15H,11-14H2,1-2H3. The first kappa shape index (κ1) is 20.8. The molecule has 0 aliphatic carbocycles. The molecule has 1 aliphatic heterocycles. The zero-order chi connectivity index (χ0) is 22.1. The third-order valence-electron chi connectivity index (χ3n) is 5.69. The minimum absolute atomic E-state index is 0.0876. The van der Waals surface area contributed by atoms with Gasteiger partial charge in [-0.05, 0) is 68.4 Å². The van der Waals surface area contributed by atoms with Crippen molar-refractivity contribution in [3.8, 4) is 5.69 Å². The Morgan fingerprint density at radius 2 is 1.23 bits per heavy atom. The summed E-state index contributed by atoms with van der Waals surface area (Å²) in [5, 5.41) is 0. The van der Waals surface area contributed by atoms with E-state index in [0.717, 1.165) is 17.1 Å². The van der Waals surface area contributed by atoms with Crippen molar-refractivity contribution in [3.05, 3.63) is 88.7 Å². The van der Waals surface area contributed by atoms with Crippen LogP contribution in [-0.4, -0.2) is 52.4 Å². The Hall–Kier alpha value is -3.48. The maximum atomic E-state index is 13.3. The number of hydrogen-bond acceptors (Lipinski definition) is 2. The van der Waals surface area contributed by atoms with Crippen LogP contribution in [0.25, 0.3) is 5.69 Å². The smallest absolute Gasteiger partial charge is 0.255 e. The van der Waals surface area contributed by atoms with E-state index in [1.54, 1.807) is 21.9 Å². The number of halogens is 2. The van der Waals surface area contributed by atoms with E-state index in [-0.39, 0.29) is 23.4 Å². The molecule has 0 unspecified atom stereocenters. The van der Waals surface area contributed by atoms with E-state index >= 15 is 0 Å². The molecule has 0 spiro atoms. The Morgan fingerprint density at radius 1 is 0.742 bits per heavy atom. The fourth-order valence-electron chi connectivity index (χ4n) is 4.02. The number of carbonyl (C=O) groups excluding carboxylic acids is 2. The summed E-state index contributed by atoms with van der Waals surface area (Å²) >= 11 is 0. The lowest BCUT2D eigenvalue weighted by molar-refractivity contribution is 0.0535. The molecule has 3 aromatic rings. The summed E-state index contributed by atoms with van der Waals surface area (Å²) in [6.45, 7) is 5.46. The monoisotopic (exact) mass is 423 g/mol. The molecule has 31 heavy (non-hydrogen) atoms. The van der Waals surface area contributed by atoms with Crippen molar-refractivity contribution in [2.45, 2.75) is 13.8 Å². The Bertz CT molecular complexity index is 1110. The quantitative estimate of drug-likeness (QED) is 0.640. The van der Waals surface area contributed by atoms with Crippen molar-refractivity contribution in [1.29, 1.82) is 0 Å². The first-order chi connectivity index (χ1) is 14.8. The van der Waals surface area contributed by atoms with Crippen molar-refractivity contribution in [2.75, 3.05) is 26.2 Å². The van der Waals surface area contributed by atoms with Crippen LogP contribution in [0.15, 0.2) is 54.6 Å². The molecule has 2 heterocycles. The van der Waals surface area contributed by atoms with Gasteiger partial charge in [-0.25, -0.2) is 8.78 Å². The third-order valence-corrected chi connectivity index (χ3v) is 5.69. The van der Waals surface area contributed by atoms with Gasteiger partial charge >= 0.3 is 0 Å². The van der Waals surface area contributed by atoms with Gasteiger partial charge in [0.25, 0.3) is 11.8 Å². The zero-order valence-corrected chi connectivity index (χ0v) is 17.4. The Balaban J connectivity index is 1.46. The normalized spacial score (nSPS) is 14.1.